The molecule has 2 heterocycles. The highest BCUT2D eigenvalue weighted by Crippen LogP contribution is 2.26. The fourth-order valence-corrected chi connectivity index (χ4v) is 1.79. The van der Waals surface area contributed by atoms with Crippen molar-refractivity contribution in [2.45, 2.75) is 0 Å². The minimum Gasteiger partial charge on any atom is -0.399 e. The molecule has 0 saturated heterocycles. The molecule has 0 aliphatic heterocycles. The number of hydrogen-bond donors (Lipinski definition) is 2. The average Bonchev–Trinajstić information content (AvgIpc) is 2.99. The average molecular weight is 262 g/mol. The normalized spacial score (nSPS) is 10.7. The molecule has 2 aromatic heterocycles. The molecule has 3 aromatic rings. The first kappa shape index (κ1) is 10.7. The highest BCUT2D eigenvalue weighted by Gasteiger charge is 2.11. The minimum absolute atomic E-state index is 0.518. The van der Waals surface area contributed by atoms with Crippen molar-refractivity contribution in [3.63, 3.8) is 0 Å². The topological polar surface area (TPSA) is 98.3 Å². The van der Waals surface area contributed by atoms with Crippen LogP contribution in [0.2, 0.25) is 5.02 Å². The Morgan fingerprint density at radius 2 is 2.22 bits per heavy atom. The zero-order chi connectivity index (χ0) is 12.5. The van der Waals surface area contributed by atoms with Crippen molar-refractivity contribution >= 4 is 17.3 Å². The van der Waals surface area contributed by atoms with E-state index in [2.05, 4.69) is 25.7 Å². The Morgan fingerprint density at radius 1 is 1.33 bits per heavy atom. The van der Waals surface area contributed by atoms with Crippen molar-refractivity contribution in [3.8, 4) is 17.1 Å². The summed E-state index contributed by atoms with van der Waals surface area (Å²) in [6.45, 7) is 0. The lowest BCUT2D eigenvalue weighted by atomic mass is 10.1. The predicted molar refractivity (Wildman–Crippen MR) is 66.2 cm³/mol. The van der Waals surface area contributed by atoms with Gasteiger partial charge in [-0.25, -0.2) is 9.78 Å². The van der Waals surface area contributed by atoms with E-state index in [1.807, 2.05) is 6.07 Å². The number of aromatic nitrogens is 6. The number of nitrogens with one attached hydrogen (secondary N) is 1. The second kappa shape index (κ2) is 4.11. The lowest BCUT2D eigenvalue weighted by Gasteiger charge is -2.07. The maximum absolute atomic E-state index is 5.86. The van der Waals surface area contributed by atoms with Crippen LogP contribution in [0.3, 0.4) is 0 Å². The second-order valence-corrected chi connectivity index (χ2v) is 4.07. The Kier molecular flexibility index (Phi) is 2.45. The Morgan fingerprint density at radius 3 is 2.89 bits per heavy atom. The van der Waals surface area contributed by atoms with Gasteiger partial charge in [0.2, 0.25) is 0 Å². The van der Waals surface area contributed by atoms with Gasteiger partial charge in [0.15, 0.2) is 5.82 Å². The SMILES string of the molecule is Nc1ccc(-n2cc(Cl)cn2)c(-c2nnn[nH]2)c1. The van der Waals surface area contributed by atoms with Crippen molar-refractivity contribution < 1.29 is 0 Å². The standard InChI is InChI=1S/C10H8ClN7/c11-6-4-13-18(5-6)9-2-1-7(12)3-8(9)10-14-16-17-15-10/h1-5H,12H2,(H,14,15,16,17). The van der Waals surface area contributed by atoms with Crippen LogP contribution in [0.5, 0.6) is 0 Å². The Hall–Kier alpha value is -2.41. The third-order valence-corrected chi connectivity index (χ3v) is 2.61. The van der Waals surface area contributed by atoms with Gasteiger partial charge in [-0.2, -0.15) is 5.10 Å². The molecule has 7 nitrogen and oxygen atoms in total. The number of H-pyrrole nitrogens is 1. The fourth-order valence-electron chi connectivity index (χ4n) is 1.65. The molecular formula is C10H8ClN7. The molecule has 0 saturated carbocycles. The summed E-state index contributed by atoms with van der Waals surface area (Å²) in [7, 11) is 0. The Labute approximate surface area is 107 Å². The van der Waals surface area contributed by atoms with Gasteiger partial charge < -0.3 is 5.73 Å². The lowest BCUT2D eigenvalue weighted by molar-refractivity contribution is 0.880. The molecule has 3 N–H and O–H groups in total. The molecule has 0 fully saturated rings. The third kappa shape index (κ3) is 1.80. The molecule has 0 aliphatic carbocycles. The number of aromatic amines is 1. The molecule has 0 spiro atoms. The third-order valence-electron chi connectivity index (χ3n) is 2.42. The fraction of sp³-hybridized carbons (Fsp3) is 0. The number of nitrogens with two attached hydrogens (primary N) is 1. The first-order chi connectivity index (χ1) is 8.74. The van der Waals surface area contributed by atoms with Gasteiger partial charge in [-0.1, -0.05) is 11.6 Å². The van der Waals surface area contributed by atoms with Crippen LogP contribution < -0.4 is 5.73 Å². The number of nitrogens with zero attached hydrogens (tertiary/aromatic N) is 5. The highest BCUT2D eigenvalue weighted by molar-refractivity contribution is 6.30. The van der Waals surface area contributed by atoms with Gasteiger partial charge in [0.25, 0.3) is 0 Å². The lowest BCUT2D eigenvalue weighted by Crippen LogP contribution is -1.99. The van der Waals surface area contributed by atoms with E-state index in [0.29, 0.717) is 16.5 Å². The van der Waals surface area contributed by atoms with Crippen LogP contribution in [0.25, 0.3) is 17.1 Å². The summed E-state index contributed by atoms with van der Waals surface area (Å²) in [5, 5.41) is 18.4. The van der Waals surface area contributed by atoms with Crippen molar-refractivity contribution in [3.05, 3.63) is 35.6 Å². The van der Waals surface area contributed by atoms with E-state index in [1.165, 1.54) is 0 Å². The smallest absolute Gasteiger partial charge is 0.181 e. The number of halogens is 1. The molecule has 90 valence electrons. The van der Waals surface area contributed by atoms with Gasteiger partial charge in [0.05, 0.1) is 16.9 Å². The highest BCUT2D eigenvalue weighted by atomic mass is 35.5. The molecule has 18 heavy (non-hydrogen) atoms. The molecule has 1 aromatic carbocycles. The van der Waals surface area contributed by atoms with Crippen LogP contribution in [-0.2, 0) is 0 Å². The predicted octanol–water partition coefficient (Wildman–Crippen LogP) is 1.29. The van der Waals surface area contributed by atoms with Crippen molar-refractivity contribution in [2.75, 3.05) is 5.73 Å². The van der Waals surface area contributed by atoms with E-state index in [-0.39, 0.29) is 0 Å². The summed E-state index contributed by atoms with van der Waals surface area (Å²) in [6.07, 6.45) is 3.25. The number of benzene rings is 1. The first-order valence-corrected chi connectivity index (χ1v) is 5.46. The summed E-state index contributed by atoms with van der Waals surface area (Å²) in [5.41, 5.74) is 7.93. The van der Waals surface area contributed by atoms with Crippen molar-refractivity contribution in [1.29, 1.82) is 0 Å². The van der Waals surface area contributed by atoms with E-state index in [9.17, 15) is 0 Å². The summed E-state index contributed by atoms with van der Waals surface area (Å²) < 4.78 is 1.64. The van der Waals surface area contributed by atoms with E-state index >= 15 is 0 Å². The Balaban J connectivity index is 2.20. The molecule has 8 heteroatoms. The van der Waals surface area contributed by atoms with Crippen molar-refractivity contribution in [2.24, 2.45) is 0 Å². The summed E-state index contributed by atoms with van der Waals surface area (Å²) in [5.74, 6) is 0.518. The zero-order valence-corrected chi connectivity index (χ0v) is 9.83. The van der Waals surface area contributed by atoms with Gasteiger partial charge in [-0.15, -0.1) is 5.10 Å². The monoisotopic (exact) mass is 261 g/mol. The van der Waals surface area contributed by atoms with Crippen LogP contribution in [-0.4, -0.2) is 30.4 Å². The van der Waals surface area contributed by atoms with Gasteiger partial charge in [0, 0.05) is 17.4 Å². The van der Waals surface area contributed by atoms with Crippen LogP contribution in [0.15, 0.2) is 30.6 Å². The second-order valence-electron chi connectivity index (χ2n) is 3.63. The van der Waals surface area contributed by atoms with E-state index in [0.717, 1.165) is 11.3 Å². The van der Waals surface area contributed by atoms with E-state index < -0.39 is 0 Å². The number of tetrazole rings is 1. The maximum Gasteiger partial charge on any atom is 0.181 e. The number of rotatable bonds is 2. The molecule has 3 rings (SSSR count). The zero-order valence-electron chi connectivity index (χ0n) is 9.08. The molecular weight excluding hydrogens is 254 g/mol. The Bertz CT molecular complexity index is 673. The van der Waals surface area contributed by atoms with Gasteiger partial charge >= 0.3 is 0 Å². The van der Waals surface area contributed by atoms with Gasteiger partial charge in [0.1, 0.15) is 0 Å². The molecule has 0 unspecified atom stereocenters. The number of nitrogen functional groups attached to an aromatic ring is 1. The molecule has 0 aliphatic rings. The summed E-state index contributed by atoms with van der Waals surface area (Å²) in [4.78, 5) is 0. The van der Waals surface area contributed by atoms with Gasteiger partial charge in [-0.3, -0.25) is 0 Å². The van der Waals surface area contributed by atoms with Crippen LogP contribution in [0, 0.1) is 0 Å². The summed E-state index contributed by atoms with van der Waals surface area (Å²) in [6, 6.07) is 5.38. The maximum atomic E-state index is 5.86. The van der Waals surface area contributed by atoms with Crippen molar-refractivity contribution in [1.82, 2.24) is 30.4 Å². The number of hydrogen-bond acceptors (Lipinski definition) is 5. The minimum atomic E-state index is 0.518. The van der Waals surface area contributed by atoms with Crippen LogP contribution in [0.1, 0.15) is 0 Å². The van der Waals surface area contributed by atoms with E-state index in [4.69, 9.17) is 17.3 Å². The molecule has 0 bridgehead atoms. The molecule has 0 atom stereocenters. The summed E-state index contributed by atoms with van der Waals surface area (Å²) >= 11 is 5.86. The number of anilines is 1. The molecule has 0 radical (unpaired) electrons. The quantitative estimate of drug-likeness (QED) is 0.677. The molecule has 0 amide bonds. The first-order valence-electron chi connectivity index (χ1n) is 5.08. The largest absolute Gasteiger partial charge is 0.399 e. The van der Waals surface area contributed by atoms with E-state index in [1.54, 1.807) is 29.2 Å². The van der Waals surface area contributed by atoms with Gasteiger partial charge in [-0.05, 0) is 28.6 Å². The van der Waals surface area contributed by atoms with Crippen LogP contribution in [0.4, 0.5) is 5.69 Å². The van der Waals surface area contributed by atoms with Crippen LogP contribution >= 0.6 is 11.6 Å².